The second kappa shape index (κ2) is 10.4. The number of benzene rings is 1. The van der Waals surface area contributed by atoms with Crippen molar-refractivity contribution in [2.45, 2.75) is 56.9 Å². The number of fused-ring (bicyclic) bond motifs is 1. The van der Waals surface area contributed by atoms with E-state index in [2.05, 4.69) is 22.4 Å². The normalized spacial score (nSPS) is 18.5. The van der Waals surface area contributed by atoms with Gasteiger partial charge in [-0.05, 0) is 71.9 Å². The summed E-state index contributed by atoms with van der Waals surface area (Å²) in [5.41, 5.74) is 9.68. The van der Waals surface area contributed by atoms with Gasteiger partial charge in [-0.3, -0.25) is 4.79 Å². The van der Waals surface area contributed by atoms with Crippen molar-refractivity contribution in [3.8, 4) is 10.4 Å². The first-order valence-electron chi connectivity index (χ1n) is 12.6. The summed E-state index contributed by atoms with van der Waals surface area (Å²) in [5.74, 6) is 0.0839. The predicted octanol–water partition coefficient (Wildman–Crippen LogP) is 3.97. The van der Waals surface area contributed by atoms with Crippen LogP contribution in [-0.2, 0) is 21.2 Å². The standard InChI is InChI=1S/C26H34N4O3S2/c27-25(31)16-20-14-19(24-6-3-12-34-24)15-22-23(17-29-26(20)22)18-7-10-30(11-8-18)35(32,33)13-9-28-21-4-1-2-5-21/h3,6,12,14-15,17-18,21,28-29H,1-2,4-5,7-11,13,16H2,(H2,27,31). The van der Waals surface area contributed by atoms with Crippen LogP contribution >= 0.6 is 11.3 Å². The topological polar surface area (TPSA) is 108 Å². The maximum Gasteiger partial charge on any atom is 0.221 e. The van der Waals surface area contributed by atoms with E-state index in [-0.39, 0.29) is 24.0 Å². The minimum Gasteiger partial charge on any atom is -0.369 e. The molecule has 0 radical (unpaired) electrons. The van der Waals surface area contributed by atoms with Crippen LogP contribution in [0.4, 0.5) is 0 Å². The summed E-state index contributed by atoms with van der Waals surface area (Å²) in [6.45, 7) is 1.62. The maximum absolute atomic E-state index is 12.9. The molecule has 1 aliphatic carbocycles. The highest BCUT2D eigenvalue weighted by atomic mass is 32.2. The molecule has 1 amide bonds. The lowest BCUT2D eigenvalue weighted by molar-refractivity contribution is -0.117. The molecule has 4 N–H and O–H groups in total. The first kappa shape index (κ1) is 24.5. The average molecular weight is 515 g/mol. The van der Waals surface area contributed by atoms with E-state index in [9.17, 15) is 13.2 Å². The number of primary amides is 1. The molecule has 188 valence electrons. The molecule has 2 aliphatic rings. The van der Waals surface area contributed by atoms with Crippen molar-refractivity contribution in [2.24, 2.45) is 5.73 Å². The van der Waals surface area contributed by atoms with Crippen LogP contribution in [-0.4, -0.2) is 55.0 Å². The number of thiophene rings is 1. The van der Waals surface area contributed by atoms with E-state index in [1.165, 1.54) is 18.4 Å². The lowest BCUT2D eigenvalue weighted by Crippen LogP contribution is -2.42. The van der Waals surface area contributed by atoms with Gasteiger partial charge < -0.3 is 16.0 Å². The lowest BCUT2D eigenvalue weighted by atomic mass is 9.89. The highest BCUT2D eigenvalue weighted by molar-refractivity contribution is 7.89. The van der Waals surface area contributed by atoms with Crippen molar-refractivity contribution >= 4 is 38.2 Å². The van der Waals surface area contributed by atoms with Crippen molar-refractivity contribution < 1.29 is 13.2 Å². The molecular formula is C26H34N4O3S2. The summed E-state index contributed by atoms with van der Waals surface area (Å²) >= 11 is 1.67. The molecule has 2 aromatic heterocycles. The molecule has 7 nitrogen and oxygen atoms in total. The number of nitrogens with one attached hydrogen (secondary N) is 2. The molecule has 1 saturated heterocycles. The summed E-state index contributed by atoms with van der Waals surface area (Å²) in [4.78, 5) is 16.3. The first-order valence-corrected chi connectivity index (χ1v) is 15.1. The number of aromatic amines is 1. The van der Waals surface area contributed by atoms with Crippen LogP contribution in [0.2, 0.25) is 0 Å². The van der Waals surface area contributed by atoms with Crippen LogP contribution in [0.15, 0.2) is 35.8 Å². The van der Waals surface area contributed by atoms with Crippen molar-refractivity contribution in [2.75, 3.05) is 25.4 Å². The predicted molar refractivity (Wildman–Crippen MR) is 142 cm³/mol. The summed E-state index contributed by atoms with van der Waals surface area (Å²) < 4.78 is 27.5. The molecule has 35 heavy (non-hydrogen) atoms. The zero-order chi connectivity index (χ0) is 24.4. The van der Waals surface area contributed by atoms with E-state index in [0.717, 1.165) is 52.6 Å². The Bertz CT molecular complexity index is 1270. The summed E-state index contributed by atoms with van der Waals surface area (Å²) in [6, 6.07) is 8.83. The van der Waals surface area contributed by atoms with Gasteiger partial charge in [-0.25, -0.2) is 12.7 Å². The second-order valence-electron chi connectivity index (χ2n) is 9.85. The van der Waals surface area contributed by atoms with Gasteiger partial charge in [0.05, 0.1) is 12.2 Å². The number of nitrogens with zero attached hydrogens (tertiary/aromatic N) is 1. The van der Waals surface area contributed by atoms with Gasteiger partial charge in [-0.1, -0.05) is 18.9 Å². The molecular weight excluding hydrogens is 480 g/mol. The number of sulfonamides is 1. The third-order valence-corrected chi connectivity index (χ3v) is 10.3. The van der Waals surface area contributed by atoms with E-state index < -0.39 is 10.0 Å². The lowest BCUT2D eigenvalue weighted by Gasteiger charge is -2.31. The average Bonchev–Trinajstić information content (AvgIpc) is 3.60. The summed E-state index contributed by atoms with van der Waals surface area (Å²) in [6.07, 6.45) is 8.59. The fraction of sp³-hybridized carbons (Fsp3) is 0.500. The van der Waals surface area contributed by atoms with E-state index in [1.54, 1.807) is 15.6 Å². The molecule has 0 bridgehead atoms. The summed E-state index contributed by atoms with van der Waals surface area (Å²) in [5, 5.41) is 6.57. The van der Waals surface area contributed by atoms with Crippen LogP contribution in [0.25, 0.3) is 21.3 Å². The third kappa shape index (κ3) is 5.48. The largest absolute Gasteiger partial charge is 0.369 e. The molecule has 3 aromatic rings. The van der Waals surface area contributed by atoms with Gasteiger partial charge in [0.15, 0.2) is 0 Å². The van der Waals surface area contributed by atoms with Crippen LogP contribution < -0.4 is 11.1 Å². The zero-order valence-corrected chi connectivity index (χ0v) is 21.6. The second-order valence-corrected chi connectivity index (χ2v) is 12.9. The van der Waals surface area contributed by atoms with Gasteiger partial charge in [0.25, 0.3) is 0 Å². The Morgan fingerprint density at radius 1 is 1.17 bits per heavy atom. The Hall–Kier alpha value is -2.20. The fourth-order valence-electron chi connectivity index (χ4n) is 5.67. The molecule has 0 spiro atoms. The number of piperidine rings is 1. The van der Waals surface area contributed by atoms with Gasteiger partial charge in [-0.15, -0.1) is 11.3 Å². The molecule has 1 aromatic carbocycles. The Kier molecular flexibility index (Phi) is 7.29. The minimum absolute atomic E-state index is 0.169. The highest BCUT2D eigenvalue weighted by Gasteiger charge is 2.30. The SMILES string of the molecule is NC(=O)Cc1cc(-c2cccs2)cc2c(C3CCN(S(=O)(=O)CCNC4CCCC4)CC3)c[nH]c12. The number of nitrogens with two attached hydrogens (primary N) is 1. The number of carbonyl (C=O) groups excluding carboxylic acids is 1. The van der Waals surface area contributed by atoms with E-state index in [0.29, 0.717) is 25.7 Å². The smallest absolute Gasteiger partial charge is 0.221 e. The van der Waals surface area contributed by atoms with Crippen LogP contribution in [0.1, 0.15) is 55.6 Å². The fourth-order valence-corrected chi connectivity index (χ4v) is 7.79. The van der Waals surface area contributed by atoms with Gasteiger partial charge in [0.1, 0.15) is 0 Å². The first-order chi connectivity index (χ1) is 16.9. The number of rotatable bonds is 9. The monoisotopic (exact) mass is 514 g/mol. The Balaban J connectivity index is 1.30. The van der Waals surface area contributed by atoms with Crippen LogP contribution in [0.5, 0.6) is 0 Å². The maximum atomic E-state index is 12.9. The van der Waals surface area contributed by atoms with Crippen LogP contribution in [0.3, 0.4) is 0 Å². The van der Waals surface area contributed by atoms with E-state index in [4.69, 9.17) is 5.73 Å². The molecule has 5 rings (SSSR count). The van der Waals surface area contributed by atoms with Crippen molar-refractivity contribution in [3.63, 3.8) is 0 Å². The van der Waals surface area contributed by atoms with Gasteiger partial charge >= 0.3 is 0 Å². The quantitative estimate of drug-likeness (QED) is 0.402. The summed E-state index contributed by atoms with van der Waals surface area (Å²) in [7, 11) is -3.25. The van der Waals surface area contributed by atoms with Gasteiger partial charge in [0.2, 0.25) is 15.9 Å². The molecule has 0 atom stereocenters. The Labute approximate surface area is 211 Å². The Morgan fingerprint density at radius 3 is 2.63 bits per heavy atom. The molecule has 1 saturated carbocycles. The molecule has 3 heterocycles. The molecule has 1 aliphatic heterocycles. The van der Waals surface area contributed by atoms with Crippen LogP contribution in [0, 0.1) is 0 Å². The zero-order valence-electron chi connectivity index (χ0n) is 20.0. The number of carbonyl (C=O) groups is 1. The third-order valence-electron chi connectivity index (χ3n) is 7.51. The van der Waals surface area contributed by atoms with Gasteiger partial charge in [0, 0.05) is 47.7 Å². The van der Waals surface area contributed by atoms with Crippen molar-refractivity contribution in [1.82, 2.24) is 14.6 Å². The number of amides is 1. The van der Waals surface area contributed by atoms with Crippen molar-refractivity contribution in [1.29, 1.82) is 0 Å². The molecule has 9 heteroatoms. The number of hydrogen-bond donors (Lipinski definition) is 3. The van der Waals surface area contributed by atoms with Crippen molar-refractivity contribution in [3.05, 3.63) is 47.0 Å². The number of H-pyrrole nitrogens is 1. The minimum atomic E-state index is -3.25. The van der Waals surface area contributed by atoms with Gasteiger partial charge in [-0.2, -0.15) is 0 Å². The molecule has 0 unspecified atom stereocenters. The van der Waals surface area contributed by atoms with E-state index >= 15 is 0 Å². The van der Waals surface area contributed by atoms with E-state index in [1.807, 2.05) is 23.7 Å². The Morgan fingerprint density at radius 2 is 1.94 bits per heavy atom. The molecule has 2 fully saturated rings. The highest BCUT2D eigenvalue weighted by Crippen LogP contribution is 2.38. The number of hydrogen-bond acceptors (Lipinski definition) is 5. The number of aromatic nitrogens is 1.